The van der Waals surface area contributed by atoms with E-state index in [0.29, 0.717) is 35.9 Å². The first-order valence-corrected chi connectivity index (χ1v) is 14.7. The minimum absolute atomic E-state index is 0.000645. The molecule has 4 fully saturated rings. The minimum atomic E-state index is -1.43. The number of carbonyl (C=O) groups is 2. The third kappa shape index (κ3) is 5.05. The van der Waals surface area contributed by atoms with Gasteiger partial charge < -0.3 is 19.1 Å². The van der Waals surface area contributed by atoms with Gasteiger partial charge in [0, 0.05) is 31.0 Å². The molecular formula is C30H39N3O6. The van der Waals surface area contributed by atoms with Crippen molar-refractivity contribution in [1.29, 1.82) is 0 Å². The summed E-state index contributed by atoms with van der Waals surface area (Å²) in [6.45, 7) is 2.38. The number of carbonyl (C=O) groups excluding carboxylic acids is 2. The summed E-state index contributed by atoms with van der Waals surface area (Å²) in [4.78, 5) is 45.4. The SMILES string of the molecule is CCOC(=O)CCC(=O)c1nc2ccccc2n([C@@H]2C[C@@H]3CO[C@](O)(C2)N3C2CC3CCCCC(C3)C2)c1=O. The lowest BCUT2D eigenvalue weighted by atomic mass is 9.76. The van der Waals surface area contributed by atoms with Crippen molar-refractivity contribution in [2.45, 2.75) is 102 Å². The molecule has 2 unspecified atom stereocenters. The number of esters is 1. The van der Waals surface area contributed by atoms with Gasteiger partial charge in [-0.25, -0.2) is 9.88 Å². The molecule has 5 atom stereocenters. The number of benzene rings is 1. The second kappa shape index (κ2) is 10.7. The lowest BCUT2D eigenvalue weighted by Gasteiger charge is -2.49. The highest BCUT2D eigenvalue weighted by Gasteiger charge is 2.56. The van der Waals surface area contributed by atoms with Gasteiger partial charge in [0.05, 0.1) is 30.7 Å². The molecule has 9 nitrogen and oxygen atoms in total. The summed E-state index contributed by atoms with van der Waals surface area (Å²) in [7, 11) is 0. The number of aliphatic hydroxyl groups is 1. The maximum Gasteiger partial charge on any atom is 0.306 e. The van der Waals surface area contributed by atoms with E-state index in [-0.39, 0.29) is 49.7 Å². The van der Waals surface area contributed by atoms with Crippen LogP contribution in [0.1, 0.15) is 94.1 Å². The number of fused-ring (bicyclic) bond motifs is 5. The van der Waals surface area contributed by atoms with E-state index in [2.05, 4.69) is 9.88 Å². The van der Waals surface area contributed by atoms with Crippen molar-refractivity contribution in [2.75, 3.05) is 13.2 Å². The average Bonchev–Trinajstić information content (AvgIpc) is 3.02. The molecule has 2 aromatic rings. The summed E-state index contributed by atoms with van der Waals surface area (Å²) in [5, 5.41) is 11.9. The van der Waals surface area contributed by atoms with Crippen LogP contribution in [0.4, 0.5) is 0 Å². The van der Waals surface area contributed by atoms with Crippen LogP contribution < -0.4 is 5.56 Å². The molecule has 3 heterocycles. The quantitative estimate of drug-likeness (QED) is 0.417. The number of ether oxygens (including phenoxy) is 2. The predicted molar refractivity (Wildman–Crippen MR) is 144 cm³/mol. The van der Waals surface area contributed by atoms with Crippen LogP contribution >= 0.6 is 0 Å². The fourth-order valence-corrected chi connectivity index (χ4v) is 7.86. The fraction of sp³-hybridized carbons (Fsp3) is 0.667. The molecule has 0 radical (unpaired) electrons. The maximum atomic E-state index is 13.8. The van der Waals surface area contributed by atoms with Gasteiger partial charge in [-0.3, -0.25) is 14.4 Å². The number of hydrogen-bond donors (Lipinski definition) is 1. The third-order valence-corrected chi connectivity index (χ3v) is 9.38. The first-order chi connectivity index (χ1) is 18.9. The molecule has 0 spiro atoms. The van der Waals surface area contributed by atoms with Crippen molar-refractivity contribution >= 4 is 22.8 Å². The number of rotatable bonds is 7. The van der Waals surface area contributed by atoms with E-state index in [0.717, 1.165) is 12.8 Å². The van der Waals surface area contributed by atoms with Crippen LogP contribution in [0.15, 0.2) is 29.1 Å². The minimum Gasteiger partial charge on any atom is -0.466 e. The maximum absolute atomic E-state index is 13.8. The molecule has 1 N–H and O–H groups in total. The topological polar surface area (TPSA) is 111 Å². The van der Waals surface area contributed by atoms with Gasteiger partial charge in [-0.1, -0.05) is 37.8 Å². The highest BCUT2D eigenvalue weighted by molar-refractivity contribution is 5.97. The average molecular weight is 538 g/mol. The van der Waals surface area contributed by atoms with E-state index in [1.807, 2.05) is 18.2 Å². The zero-order chi connectivity index (χ0) is 27.1. The number of ketones is 1. The van der Waals surface area contributed by atoms with Gasteiger partial charge in [-0.2, -0.15) is 0 Å². The number of aromatic nitrogens is 2. The van der Waals surface area contributed by atoms with E-state index in [1.165, 1.54) is 32.1 Å². The normalized spacial score (nSPS) is 32.6. The zero-order valence-corrected chi connectivity index (χ0v) is 22.7. The van der Waals surface area contributed by atoms with E-state index in [1.54, 1.807) is 17.6 Å². The van der Waals surface area contributed by atoms with Crippen molar-refractivity contribution < 1.29 is 24.2 Å². The number of piperidine rings is 1. The van der Waals surface area contributed by atoms with E-state index >= 15 is 0 Å². The van der Waals surface area contributed by atoms with Gasteiger partial charge >= 0.3 is 5.97 Å². The summed E-state index contributed by atoms with van der Waals surface area (Å²) in [6, 6.07) is 7.23. The lowest BCUT2D eigenvalue weighted by Crippen LogP contribution is -2.59. The van der Waals surface area contributed by atoms with Crippen molar-refractivity contribution in [3.05, 3.63) is 40.3 Å². The van der Waals surface area contributed by atoms with Crippen molar-refractivity contribution in [2.24, 2.45) is 11.8 Å². The number of Topliss-reactive ketones (excluding diaryl/α,β-unsaturated/α-hetero) is 1. The van der Waals surface area contributed by atoms with E-state index in [9.17, 15) is 19.5 Å². The van der Waals surface area contributed by atoms with Crippen molar-refractivity contribution in [3.63, 3.8) is 0 Å². The molecule has 6 rings (SSSR count). The highest BCUT2D eigenvalue weighted by atomic mass is 16.7. The van der Waals surface area contributed by atoms with Gasteiger partial charge in [-0.15, -0.1) is 0 Å². The first-order valence-electron chi connectivity index (χ1n) is 14.7. The molecule has 9 heteroatoms. The lowest BCUT2D eigenvalue weighted by molar-refractivity contribution is -0.277. The summed E-state index contributed by atoms with van der Waals surface area (Å²) in [5.41, 5.74) is 0.523. The first kappa shape index (κ1) is 26.6. The van der Waals surface area contributed by atoms with E-state index in [4.69, 9.17) is 9.47 Å². The number of nitrogens with zero attached hydrogens (tertiary/aromatic N) is 3. The van der Waals surface area contributed by atoms with Crippen LogP contribution in [0.25, 0.3) is 11.0 Å². The number of hydrogen-bond acceptors (Lipinski definition) is 8. The summed E-state index contributed by atoms with van der Waals surface area (Å²) < 4.78 is 12.7. The van der Waals surface area contributed by atoms with Crippen LogP contribution in [0, 0.1) is 11.8 Å². The molecule has 0 amide bonds. The fourth-order valence-electron chi connectivity index (χ4n) is 7.86. The van der Waals surface area contributed by atoms with Gasteiger partial charge in [-0.05, 0) is 56.6 Å². The molecule has 4 bridgehead atoms. The molecule has 4 aliphatic rings. The van der Waals surface area contributed by atoms with E-state index < -0.39 is 23.2 Å². The van der Waals surface area contributed by atoms with Crippen molar-refractivity contribution in [3.8, 4) is 0 Å². The second-order valence-corrected chi connectivity index (χ2v) is 11.9. The molecule has 2 aliphatic heterocycles. The van der Waals surface area contributed by atoms with Crippen molar-refractivity contribution in [1.82, 2.24) is 14.5 Å². The predicted octanol–water partition coefficient (Wildman–Crippen LogP) is 3.96. The monoisotopic (exact) mass is 537 g/mol. The molecular weight excluding hydrogens is 498 g/mol. The summed E-state index contributed by atoms with van der Waals surface area (Å²) >= 11 is 0. The highest BCUT2D eigenvalue weighted by Crippen LogP contribution is 2.49. The molecule has 2 saturated heterocycles. The number of para-hydroxylation sites is 2. The van der Waals surface area contributed by atoms with Gasteiger partial charge in [0.2, 0.25) is 5.91 Å². The largest absolute Gasteiger partial charge is 0.466 e. The Kier molecular flexibility index (Phi) is 7.33. The van der Waals surface area contributed by atoms with Crippen LogP contribution in [-0.2, 0) is 14.3 Å². The Labute approximate surface area is 228 Å². The Hall–Kier alpha value is -2.62. The van der Waals surface area contributed by atoms with Gasteiger partial charge in [0.25, 0.3) is 5.56 Å². The molecule has 1 aromatic heterocycles. The molecule has 1 aromatic carbocycles. The van der Waals surface area contributed by atoms with Gasteiger partial charge in [0.15, 0.2) is 11.5 Å². The Morgan fingerprint density at radius 3 is 2.51 bits per heavy atom. The Morgan fingerprint density at radius 1 is 1.05 bits per heavy atom. The van der Waals surface area contributed by atoms with Crippen LogP contribution in [0.2, 0.25) is 0 Å². The molecule has 2 aliphatic carbocycles. The van der Waals surface area contributed by atoms with Crippen LogP contribution in [0.5, 0.6) is 0 Å². The third-order valence-electron chi connectivity index (χ3n) is 9.38. The molecule has 39 heavy (non-hydrogen) atoms. The Bertz CT molecular complexity index is 1300. The molecule has 210 valence electrons. The smallest absolute Gasteiger partial charge is 0.306 e. The Balaban J connectivity index is 1.30. The molecule has 2 saturated carbocycles. The van der Waals surface area contributed by atoms with Crippen LogP contribution in [0.3, 0.4) is 0 Å². The Morgan fingerprint density at radius 2 is 1.79 bits per heavy atom. The standard InChI is InChI=1S/C30H39N3O6/c1-2-38-27(35)12-11-26(34)28-29(36)32(25-10-6-5-9-24(25)31-28)22-16-23-18-39-30(37,17-22)33(23)21-14-19-7-3-4-8-20(13-19)15-21/h5-6,9-10,19-23,37H,2-4,7-8,11-18H2,1H3/t19?,20?,21?,22-,23-,30-/m1/s1. The summed E-state index contributed by atoms with van der Waals surface area (Å²) in [5.74, 6) is -0.958. The van der Waals surface area contributed by atoms with Gasteiger partial charge in [0.1, 0.15) is 0 Å². The zero-order valence-electron chi connectivity index (χ0n) is 22.7. The van der Waals surface area contributed by atoms with Crippen LogP contribution in [-0.4, -0.2) is 62.5 Å². The summed E-state index contributed by atoms with van der Waals surface area (Å²) in [6.07, 6.45) is 9.33. The second-order valence-electron chi connectivity index (χ2n) is 11.9.